The summed E-state index contributed by atoms with van der Waals surface area (Å²) in [7, 11) is 23.3. The van der Waals surface area contributed by atoms with E-state index in [4.69, 9.17) is 30.0 Å². The minimum atomic E-state index is 0.580. The fourth-order valence-electron chi connectivity index (χ4n) is 3.56. The molecule has 0 spiro atoms. The van der Waals surface area contributed by atoms with E-state index in [0.29, 0.717) is 45.4 Å². The van der Waals surface area contributed by atoms with Crippen molar-refractivity contribution in [3.05, 3.63) is 10.7 Å². The highest BCUT2D eigenvalue weighted by Gasteiger charge is 2.28. The van der Waals surface area contributed by atoms with E-state index < -0.39 is 0 Å². The summed E-state index contributed by atoms with van der Waals surface area (Å²) in [6, 6.07) is 0. The molecule has 0 bridgehead atoms. The van der Waals surface area contributed by atoms with Crippen LogP contribution in [0.15, 0.2) is 30.0 Å². The van der Waals surface area contributed by atoms with E-state index in [9.17, 15) is 0 Å². The Morgan fingerprint density at radius 1 is 0.471 bits per heavy atom. The maximum Gasteiger partial charge on any atom is 0.226 e. The molecule has 0 radical (unpaired) electrons. The van der Waals surface area contributed by atoms with Crippen LogP contribution in [0.1, 0.15) is 0 Å². The lowest BCUT2D eigenvalue weighted by molar-refractivity contribution is 0.484. The second-order valence-corrected chi connectivity index (χ2v) is 9.33. The Labute approximate surface area is 201 Å². The van der Waals surface area contributed by atoms with Crippen molar-refractivity contribution in [3.63, 3.8) is 0 Å². The van der Waals surface area contributed by atoms with Crippen molar-refractivity contribution in [2.45, 2.75) is 0 Å². The Balaban J connectivity index is 2.51. The monoisotopic (exact) mass is 468 g/mol. The Morgan fingerprint density at radius 2 is 0.765 bits per heavy atom. The molecule has 2 aliphatic rings. The van der Waals surface area contributed by atoms with Crippen molar-refractivity contribution < 1.29 is 0 Å². The zero-order valence-electron chi connectivity index (χ0n) is 22.4. The average molecular weight is 469 g/mol. The molecule has 12 nitrogen and oxygen atoms in total. The number of rotatable bonds is 2. The first-order chi connectivity index (χ1) is 15.8. The fraction of sp³-hybridized carbons (Fsp3) is 0.545. The minimum absolute atomic E-state index is 0.580. The Bertz CT molecular complexity index is 1100. The summed E-state index contributed by atoms with van der Waals surface area (Å²) in [5.41, 5.74) is 2.52. The van der Waals surface area contributed by atoms with Crippen molar-refractivity contribution >= 4 is 46.6 Å². The molecule has 34 heavy (non-hydrogen) atoms. The summed E-state index contributed by atoms with van der Waals surface area (Å²) < 4.78 is 0. The predicted molar refractivity (Wildman–Crippen MR) is 139 cm³/mol. The number of guanidine groups is 4. The van der Waals surface area contributed by atoms with E-state index in [1.165, 1.54) is 0 Å². The van der Waals surface area contributed by atoms with Crippen LogP contribution in [0.4, 0.5) is 22.7 Å². The van der Waals surface area contributed by atoms with E-state index >= 15 is 0 Å². The molecule has 0 saturated heterocycles. The molecule has 0 atom stereocenters. The van der Waals surface area contributed by atoms with Gasteiger partial charge in [-0.15, -0.1) is 0 Å². The standard InChI is InChI=1S/C22H36N12/c1-29(2)19-23-13-14(24-19)18(28-22(33(9)10)34(11)12)16-15(25-20(26-16)30(3)4)17(13)27-21(31(5)6)32(7)8/h1-12H3. The lowest BCUT2D eigenvalue weighted by Gasteiger charge is -2.23. The van der Waals surface area contributed by atoms with Crippen LogP contribution in [0.2, 0.25) is 0 Å². The fourth-order valence-corrected chi connectivity index (χ4v) is 3.56. The van der Waals surface area contributed by atoms with Crippen molar-refractivity contribution in [2.24, 2.45) is 30.0 Å². The van der Waals surface area contributed by atoms with Gasteiger partial charge in [0, 0.05) is 84.6 Å². The molecular weight excluding hydrogens is 432 g/mol. The molecule has 1 aromatic rings. The molecule has 0 unspecified atom stereocenters. The Hall–Kier alpha value is -3.70. The molecule has 0 saturated carbocycles. The van der Waals surface area contributed by atoms with Gasteiger partial charge in [0.15, 0.2) is 0 Å². The minimum Gasteiger partial charge on any atom is -0.349 e. The van der Waals surface area contributed by atoms with Gasteiger partial charge in [0.2, 0.25) is 23.8 Å². The largest absolute Gasteiger partial charge is 0.349 e. The third-order valence-corrected chi connectivity index (χ3v) is 5.02. The first kappa shape index (κ1) is 24.9. The molecule has 12 heteroatoms. The highest BCUT2D eigenvalue weighted by molar-refractivity contribution is 5.98. The van der Waals surface area contributed by atoms with E-state index in [1.54, 1.807) is 0 Å². The quantitative estimate of drug-likeness (QED) is 0.457. The smallest absolute Gasteiger partial charge is 0.226 e. The topological polar surface area (TPSA) is 93.6 Å². The van der Waals surface area contributed by atoms with Crippen LogP contribution in [0.25, 0.3) is 0 Å². The van der Waals surface area contributed by atoms with Gasteiger partial charge in [-0.2, -0.15) is 0 Å². The van der Waals surface area contributed by atoms with Crippen LogP contribution in [0, 0.1) is 0 Å². The maximum absolute atomic E-state index is 5.01. The third-order valence-electron chi connectivity index (χ3n) is 5.02. The van der Waals surface area contributed by atoms with Gasteiger partial charge >= 0.3 is 0 Å². The first-order valence-corrected chi connectivity index (χ1v) is 10.9. The number of aliphatic imine (C=N–C) groups is 4. The van der Waals surface area contributed by atoms with Gasteiger partial charge < -0.3 is 29.4 Å². The van der Waals surface area contributed by atoms with Crippen molar-refractivity contribution in [1.82, 2.24) is 29.4 Å². The summed E-state index contributed by atoms with van der Waals surface area (Å²) in [5, 5.41) is 1.27. The number of fused-ring (bicyclic) bond motifs is 2. The lowest BCUT2D eigenvalue weighted by atomic mass is 10.2. The van der Waals surface area contributed by atoms with E-state index in [2.05, 4.69) is 0 Å². The molecule has 2 heterocycles. The van der Waals surface area contributed by atoms with E-state index in [0.717, 1.165) is 11.9 Å². The van der Waals surface area contributed by atoms with Crippen molar-refractivity contribution in [2.75, 3.05) is 84.6 Å². The van der Waals surface area contributed by atoms with Gasteiger partial charge in [0.1, 0.15) is 33.5 Å². The summed E-state index contributed by atoms with van der Waals surface area (Å²) in [6.07, 6.45) is 0. The van der Waals surface area contributed by atoms with Gasteiger partial charge in [-0.25, -0.2) is 30.0 Å². The first-order valence-electron chi connectivity index (χ1n) is 10.9. The summed E-state index contributed by atoms with van der Waals surface area (Å²) >= 11 is 0. The van der Waals surface area contributed by atoms with Crippen LogP contribution >= 0.6 is 0 Å². The van der Waals surface area contributed by atoms with Gasteiger partial charge in [0.25, 0.3) is 0 Å². The number of hydrogen-bond donors (Lipinski definition) is 0. The van der Waals surface area contributed by atoms with Crippen LogP contribution in [0.3, 0.4) is 0 Å². The highest BCUT2D eigenvalue weighted by Crippen LogP contribution is 2.35. The SMILES string of the molecule is CN(C)C1=Nc2c(N=C(N(C)C)N(C)C)c3c(c(N=C(N(C)C)N(C)C)c2=N1)N=C(N(C)C)N=3. The Kier molecular flexibility index (Phi) is 6.80. The van der Waals surface area contributed by atoms with Gasteiger partial charge in [-0.1, -0.05) is 0 Å². The molecule has 0 fully saturated rings. The molecule has 1 aromatic carbocycles. The normalized spacial score (nSPS) is 12.9. The summed E-state index contributed by atoms with van der Waals surface area (Å²) in [6.45, 7) is 0. The van der Waals surface area contributed by atoms with Gasteiger partial charge in [-0.05, 0) is 0 Å². The molecule has 0 N–H and O–H groups in total. The molecule has 0 aromatic heterocycles. The molecule has 0 amide bonds. The van der Waals surface area contributed by atoms with Gasteiger partial charge in [-0.3, -0.25) is 0 Å². The molecule has 184 valence electrons. The number of hydrogen-bond acceptors (Lipinski definition) is 8. The van der Waals surface area contributed by atoms with E-state index in [1.807, 2.05) is 114 Å². The van der Waals surface area contributed by atoms with Crippen LogP contribution in [-0.2, 0) is 0 Å². The van der Waals surface area contributed by atoms with Crippen LogP contribution in [0.5, 0.6) is 0 Å². The van der Waals surface area contributed by atoms with Crippen molar-refractivity contribution in [3.8, 4) is 0 Å². The lowest BCUT2D eigenvalue weighted by Crippen LogP contribution is -2.35. The van der Waals surface area contributed by atoms with Crippen LogP contribution < -0.4 is 10.7 Å². The molecule has 0 aliphatic carbocycles. The molecule has 2 aliphatic heterocycles. The third kappa shape index (κ3) is 4.52. The number of benzene rings is 1. The summed E-state index contributed by atoms with van der Waals surface area (Å²) in [4.78, 5) is 40.9. The zero-order valence-corrected chi connectivity index (χ0v) is 22.4. The predicted octanol–water partition coefficient (Wildman–Crippen LogP) is 0.273. The molecular formula is C22H36N12. The summed E-state index contributed by atoms with van der Waals surface area (Å²) in [5.74, 6) is 2.67. The maximum atomic E-state index is 5.01. The van der Waals surface area contributed by atoms with Crippen LogP contribution in [-0.4, -0.2) is 138 Å². The highest BCUT2D eigenvalue weighted by atomic mass is 15.4. The second-order valence-electron chi connectivity index (χ2n) is 9.33. The van der Waals surface area contributed by atoms with Gasteiger partial charge in [0.05, 0.1) is 0 Å². The van der Waals surface area contributed by atoms with Crippen molar-refractivity contribution in [1.29, 1.82) is 0 Å². The van der Waals surface area contributed by atoms with E-state index in [-0.39, 0.29) is 0 Å². The zero-order chi connectivity index (χ0) is 25.5. The second kappa shape index (κ2) is 9.27. The molecule has 3 rings (SSSR count). The number of nitrogens with zero attached hydrogens (tertiary/aromatic N) is 12. The average Bonchev–Trinajstić information content (AvgIpc) is 3.34. The Morgan fingerprint density at radius 3 is 1.00 bits per heavy atom.